The second-order valence-electron chi connectivity index (χ2n) is 6.27. The molecule has 25 heavy (non-hydrogen) atoms. The Kier molecular flexibility index (Phi) is 6.02. The molecule has 0 atom stereocenters. The van der Waals surface area contributed by atoms with E-state index in [4.69, 9.17) is 9.84 Å². The van der Waals surface area contributed by atoms with Crippen LogP contribution in [0.25, 0.3) is 0 Å². The molecule has 1 saturated carbocycles. The molecule has 1 fully saturated rings. The van der Waals surface area contributed by atoms with Gasteiger partial charge in [0.25, 0.3) is 0 Å². The zero-order valence-corrected chi connectivity index (χ0v) is 16.8. The van der Waals surface area contributed by atoms with Gasteiger partial charge in [0, 0.05) is 12.2 Å². The van der Waals surface area contributed by atoms with Crippen LogP contribution >= 0.6 is 31.9 Å². The number of nitrogens with one attached hydrogen (secondary N) is 1. The molecule has 132 valence electrons. The van der Waals surface area contributed by atoms with Crippen LogP contribution in [0, 0.1) is 5.92 Å². The highest BCUT2D eigenvalue weighted by atomic mass is 79.9. The first kappa shape index (κ1) is 18.3. The highest BCUT2D eigenvalue weighted by molar-refractivity contribution is 9.11. The first-order valence-electron chi connectivity index (χ1n) is 8.16. The summed E-state index contributed by atoms with van der Waals surface area (Å²) in [6, 6.07) is 11.8. The largest absolute Gasteiger partial charge is 0.487 e. The van der Waals surface area contributed by atoms with Gasteiger partial charge in [-0.2, -0.15) is 0 Å². The van der Waals surface area contributed by atoms with Crippen LogP contribution in [-0.4, -0.2) is 17.6 Å². The van der Waals surface area contributed by atoms with E-state index in [9.17, 15) is 4.79 Å². The van der Waals surface area contributed by atoms with Crippen molar-refractivity contribution in [2.24, 2.45) is 5.92 Å². The molecule has 0 spiro atoms. The number of carboxylic acid groups (broad SMARTS) is 1. The highest BCUT2D eigenvalue weighted by Crippen LogP contribution is 2.35. The maximum atomic E-state index is 10.9. The lowest BCUT2D eigenvalue weighted by Gasteiger charge is -2.13. The third-order valence-corrected chi connectivity index (χ3v) is 5.19. The van der Waals surface area contributed by atoms with Crippen LogP contribution in [0.4, 0.5) is 5.69 Å². The van der Waals surface area contributed by atoms with Gasteiger partial charge >= 0.3 is 5.97 Å². The molecule has 0 aromatic heterocycles. The molecule has 0 saturated heterocycles. The van der Waals surface area contributed by atoms with Crippen LogP contribution in [0.2, 0.25) is 0 Å². The number of anilines is 1. The third-order valence-electron chi connectivity index (χ3n) is 4.02. The SMILES string of the molecule is O=C(O)Cc1cc(Br)c(OCc2cccc(NCC3CC3)c2)c(Br)c1. The number of ether oxygens (including phenoxy) is 1. The molecular formula is C19H19Br2NO3. The monoisotopic (exact) mass is 467 g/mol. The summed E-state index contributed by atoms with van der Waals surface area (Å²) in [5.74, 6) is 0.643. The molecule has 0 bridgehead atoms. The Morgan fingerprint density at radius 1 is 1.16 bits per heavy atom. The Hall–Kier alpha value is -1.53. The van der Waals surface area contributed by atoms with Crippen molar-refractivity contribution >= 4 is 43.5 Å². The van der Waals surface area contributed by atoms with Crippen LogP contribution in [0.1, 0.15) is 24.0 Å². The van der Waals surface area contributed by atoms with Gasteiger partial charge in [-0.25, -0.2) is 0 Å². The standard InChI is InChI=1S/C19H19Br2NO3/c20-16-7-14(9-18(23)24)8-17(21)19(16)25-11-13-2-1-3-15(6-13)22-10-12-4-5-12/h1-3,6-8,12,22H,4-5,9-11H2,(H,23,24). The van der Waals surface area contributed by atoms with Crippen LogP contribution < -0.4 is 10.1 Å². The van der Waals surface area contributed by atoms with E-state index in [0.29, 0.717) is 17.9 Å². The average molecular weight is 469 g/mol. The quantitative estimate of drug-likeness (QED) is 0.556. The second kappa shape index (κ2) is 8.23. The summed E-state index contributed by atoms with van der Waals surface area (Å²) < 4.78 is 7.41. The van der Waals surface area contributed by atoms with Gasteiger partial charge in [-0.1, -0.05) is 12.1 Å². The first-order chi connectivity index (χ1) is 12.0. The van der Waals surface area contributed by atoms with Crippen molar-refractivity contribution in [2.45, 2.75) is 25.9 Å². The molecule has 6 heteroatoms. The number of carboxylic acids is 1. The fourth-order valence-electron chi connectivity index (χ4n) is 2.54. The molecule has 2 aromatic rings. The van der Waals surface area contributed by atoms with Gasteiger partial charge in [-0.05, 0) is 86.0 Å². The fourth-order valence-corrected chi connectivity index (χ4v) is 4.05. The Morgan fingerprint density at radius 3 is 2.52 bits per heavy atom. The van der Waals surface area contributed by atoms with Gasteiger partial charge in [0.1, 0.15) is 12.4 Å². The van der Waals surface area contributed by atoms with Crippen molar-refractivity contribution in [3.63, 3.8) is 0 Å². The zero-order chi connectivity index (χ0) is 17.8. The van der Waals surface area contributed by atoms with E-state index in [0.717, 1.165) is 32.7 Å². The fraction of sp³-hybridized carbons (Fsp3) is 0.316. The predicted octanol–water partition coefficient (Wildman–Crippen LogP) is 5.24. The molecule has 1 aliphatic rings. The molecule has 2 aromatic carbocycles. The molecular weight excluding hydrogens is 450 g/mol. The van der Waals surface area contributed by atoms with E-state index >= 15 is 0 Å². The van der Waals surface area contributed by atoms with E-state index in [1.54, 1.807) is 12.1 Å². The van der Waals surface area contributed by atoms with Gasteiger partial charge in [0.15, 0.2) is 0 Å². The maximum absolute atomic E-state index is 10.9. The topological polar surface area (TPSA) is 58.6 Å². The summed E-state index contributed by atoms with van der Waals surface area (Å²) in [7, 11) is 0. The number of rotatable bonds is 8. The van der Waals surface area contributed by atoms with Gasteiger partial charge in [0.2, 0.25) is 0 Å². The van der Waals surface area contributed by atoms with E-state index in [2.05, 4.69) is 49.3 Å². The number of carbonyl (C=O) groups is 1. The summed E-state index contributed by atoms with van der Waals surface area (Å²) in [6.45, 7) is 1.47. The smallest absolute Gasteiger partial charge is 0.307 e. The Labute approximate surface area is 163 Å². The molecule has 0 radical (unpaired) electrons. The summed E-state index contributed by atoms with van der Waals surface area (Å²) in [6.07, 6.45) is 2.64. The van der Waals surface area contributed by atoms with E-state index in [1.165, 1.54) is 12.8 Å². The molecule has 2 N–H and O–H groups in total. The lowest BCUT2D eigenvalue weighted by atomic mass is 10.1. The molecule has 3 rings (SSSR count). The summed E-state index contributed by atoms with van der Waals surface area (Å²) in [4.78, 5) is 10.9. The molecule has 0 heterocycles. The minimum atomic E-state index is -0.858. The molecule has 4 nitrogen and oxygen atoms in total. The third kappa shape index (κ3) is 5.47. The predicted molar refractivity (Wildman–Crippen MR) is 105 cm³/mol. The number of benzene rings is 2. The highest BCUT2D eigenvalue weighted by Gasteiger charge is 2.20. The van der Waals surface area contributed by atoms with E-state index in [-0.39, 0.29) is 6.42 Å². The second-order valence-corrected chi connectivity index (χ2v) is 7.98. The minimum absolute atomic E-state index is 0.0216. The van der Waals surface area contributed by atoms with Crippen molar-refractivity contribution in [3.05, 3.63) is 56.5 Å². The molecule has 1 aliphatic carbocycles. The lowest BCUT2D eigenvalue weighted by molar-refractivity contribution is -0.136. The van der Waals surface area contributed by atoms with Crippen molar-refractivity contribution < 1.29 is 14.6 Å². The van der Waals surface area contributed by atoms with E-state index < -0.39 is 5.97 Å². The Balaban J connectivity index is 1.64. The molecule has 0 aliphatic heterocycles. The number of halogens is 2. The van der Waals surface area contributed by atoms with Gasteiger partial charge in [0.05, 0.1) is 15.4 Å². The van der Waals surface area contributed by atoms with E-state index in [1.807, 2.05) is 12.1 Å². The van der Waals surface area contributed by atoms with Gasteiger partial charge in [-0.15, -0.1) is 0 Å². The Bertz CT molecular complexity index is 752. The van der Waals surface area contributed by atoms with Crippen LogP contribution in [0.5, 0.6) is 5.75 Å². The normalized spacial score (nSPS) is 13.5. The van der Waals surface area contributed by atoms with Crippen molar-refractivity contribution in [1.82, 2.24) is 0 Å². The maximum Gasteiger partial charge on any atom is 0.307 e. The number of aliphatic carboxylic acids is 1. The number of hydrogen-bond donors (Lipinski definition) is 2. The molecule has 0 unspecified atom stereocenters. The van der Waals surface area contributed by atoms with Gasteiger partial charge < -0.3 is 15.2 Å². The zero-order valence-electron chi connectivity index (χ0n) is 13.6. The summed E-state index contributed by atoms with van der Waals surface area (Å²) >= 11 is 6.93. The van der Waals surface area contributed by atoms with Crippen molar-refractivity contribution in [3.8, 4) is 5.75 Å². The first-order valence-corrected chi connectivity index (χ1v) is 9.75. The van der Waals surface area contributed by atoms with Gasteiger partial charge in [-0.3, -0.25) is 4.79 Å². The van der Waals surface area contributed by atoms with Crippen molar-refractivity contribution in [1.29, 1.82) is 0 Å². The lowest BCUT2D eigenvalue weighted by Crippen LogP contribution is -2.04. The van der Waals surface area contributed by atoms with Crippen molar-refractivity contribution in [2.75, 3.05) is 11.9 Å². The average Bonchev–Trinajstić information content (AvgIpc) is 3.36. The summed E-state index contributed by atoms with van der Waals surface area (Å²) in [5.41, 5.74) is 2.90. The summed E-state index contributed by atoms with van der Waals surface area (Å²) in [5, 5.41) is 12.4. The number of hydrogen-bond acceptors (Lipinski definition) is 3. The Morgan fingerprint density at radius 2 is 1.88 bits per heavy atom. The van der Waals surface area contributed by atoms with Crippen LogP contribution in [-0.2, 0) is 17.8 Å². The van der Waals surface area contributed by atoms with Crippen LogP contribution in [0.15, 0.2) is 45.3 Å². The molecule has 0 amide bonds. The minimum Gasteiger partial charge on any atom is -0.487 e. The van der Waals surface area contributed by atoms with Crippen LogP contribution in [0.3, 0.4) is 0 Å².